The van der Waals surface area contributed by atoms with Crippen molar-refractivity contribution in [1.29, 1.82) is 0 Å². The SMILES string of the molecule is CC(C)(C)c1nc2ccccc2n2cncc12. The Balaban J connectivity index is 2.53. The van der Waals surface area contributed by atoms with Crippen LogP contribution in [0.15, 0.2) is 36.8 Å². The van der Waals surface area contributed by atoms with Crippen LogP contribution in [0.3, 0.4) is 0 Å². The van der Waals surface area contributed by atoms with Gasteiger partial charge < -0.3 is 0 Å². The Hall–Kier alpha value is -1.90. The number of rotatable bonds is 0. The molecule has 0 aliphatic carbocycles. The summed E-state index contributed by atoms with van der Waals surface area (Å²) in [4.78, 5) is 9.03. The number of fused-ring (bicyclic) bond motifs is 3. The first kappa shape index (κ1) is 10.3. The fourth-order valence-corrected chi connectivity index (χ4v) is 2.15. The number of hydrogen-bond acceptors (Lipinski definition) is 2. The quantitative estimate of drug-likeness (QED) is 0.588. The third kappa shape index (κ3) is 1.50. The van der Waals surface area contributed by atoms with Gasteiger partial charge in [0.25, 0.3) is 0 Å². The second-order valence-electron chi connectivity index (χ2n) is 5.35. The first-order chi connectivity index (χ1) is 8.07. The van der Waals surface area contributed by atoms with Crippen LogP contribution in [0, 0.1) is 0 Å². The van der Waals surface area contributed by atoms with Crippen LogP contribution in [0.2, 0.25) is 0 Å². The molecule has 3 heteroatoms. The van der Waals surface area contributed by atoms with Crippen LogP contribution < -0.4 is 0 Å². The number of imidazole rings is 1. The van der Waals surface area contributed by atoms with Gasteiger partial charge in [0, 0.05) is 5.41 Å². The van der Waals surface area contributed by atoms with Crippen molar-refractivity contribution in [2.24, 2.45) is 0 Å². The average Bonchev–Trinajstić information content (AvgIpc) is 2.75. The molecule has 1 aromatic carbocycles. The Morgan fingerprint density at radius 3 is 2.59 bits per heavy atom. The zero-order chi connectivity index (χ0) is 12.0. The monoisotopic (exact) mass is 225 g/mol. The van der Waals surface area contributed by atoms with Gasteiger partial charge in [-0.25, -0.2) is 9.97 Å². The molecule has 3 rings (SSSR count). The molecule has 0 bridgehead atoms. The van der Waals surface area contributed by atoms with Crippen molar-refractivity contribution in [1.82, 2.24) is 14.4 Å². The van der Waals surface area contributed by atoms with Crippen molar-refractivity contribution in [3.63, 3.8) is 0 Å². The van der Waals surface area contributed by atoms with E-state index in [9.17, 15) is 0 Å². The first-order valence-corrected chi connectivity index (χ1v) is 5.79. The second-order valence-corrected chi connectivity index (χ2v) is 5.35. The Morgan fingerprint density at radius 2 is 1.82 bits per heavy atom. The Labute approximate surface area is 100 Å². The maximum absolute atomic E-state index is 4.79. The maximum atomic E-state index is 4.79. The fraction of sp³-hybridized carbons (Fsp3) is 0.286. The largest absolute Gasteiger partial charge is 0.295 e. The molecule has 0 saturated carbocycles. The van der Waals surface area contributed by atoms with Crippen LogP contribution in [0.5, 0.6) is 0 Å². The molecule has 0 N–H and O–H groups in total. The molecule has 0 fully saturated rings. The summed E-state index contributed by atoms with van der Waals surface area (Å²) in [6.45, 7) is 6.53. The van der Waals surface area contributed by atoms with E-state index >= 15 is 0 Å². The van der Waals surface area contributed by atoms with Gasteiger partial charge in [-0.2, -0.15) is 0 Å². The van der Waals surface area contributed by atoms with Crippen LogP contribution >= 0.6 is 0 Å². The minimum atomic E-state index is 0.0192. The van der Waals surface area contributed by atoms with Crippen molar-refractivity contribution in [2.45, 2.75) is 26.2 Å². The molecular formula is C14H15N3. The molecular weight excluding hydrogens is 210 g/mol. The molecule has 2 aromatic heterocycles. The van der Waals surface area contributed by atoms with E-state index in [2.05, 4.69) is 36.2 Å². The van der Waals surface area contributed by atoms with Gasteiger partial charge in [-0.3, -0.25) is 4.40 Å². The predicted molar refractivity (Wildman–Crippen MR) is 69.2 cm³/mol. The lowest BCUT2D eigenvalue weighted by Gasteiger charge is -2.19. The highest BCUT2D eigenvalue weighted by molar-refractivity contribution is 5.79. The molecule has 2 heterocycles. The lowest BCUT2D eigenvalue weighted by atomic mass is 9.91. The van der Waals surface area contributed by atoms with Gasteiger partial charge in [-0.1, -0.05) is 32.9 Å². The highest BCUT2D eigenvalue weighted by Gasteiger charge is 2.20. The summed E-state index contributed by atoms with van der Waals surface area (Å²) < 4.78 is 2.11. The molecule has 0 radical (unpaired) electrons. The number of para-hydroxylation sites is 2. The standard InChI is InChI=1S/C14H15N3/c1-14(2,3)13-12-8-15-9-17(12)11-7-5-4-6-10(11)16-13/h4-9H,1-3H3. The van der Waals surface area contributed by atoms with Crippen molar-refractivity contribution in [3.05, 3.63) is 42.5 Å². The zero-order valence-electron chi connectivity index (χ0n) is 10.3. The van der Waals surface area contributed by atoms with E-state index in [0.717, 1.165) is 22.2 Å². The third-order valence-corrected chi connectivity index (χ3v) is 2.97. The lowest BCUT2D eigenvalue weighted by molar-refractivity contribution is 0.575. The molecule has 3 nitrogen and oxygen atoms in total. The Morgan fingerprint density at radius 1 is 1.06 bits per heavy atom. The molecule has 17 heavy (non-hydrogen) atoms. The van der Waals surface area contributed by atoms with Crippen molar-refractivity contribution < 1.29 is 0 Å². The molecule has 0 saturated heterocycles. The Bertz CT molecular complexity index is 689. The van der Waals surface area contributed by atoms with Crippen LogP contribution in [-0.2, 0) is 5.41 Å². The lowest BCUT2D eigenvalue weighted by Crippen LogP contribution is -2.15. The topological polar surface area (TPSA) is 30.2 Å². The maximum Gasteiger partial charge on any atom is 0.0998 e. The van der Waals surface area contributed by atoms with E-state index in [0.29, 0.717) is 0 Å². The highest BCUT2D eigenvalue weighted by Crippen LogP contribution is 2.27. The zero-order valence-corrected chi connectivity index (χ0v) is 10.3. The summed E-state index contributed by atoms with van der Waals surface area (Å²) >= 11 is 0. The molecule has 0 aliphatic rings. The van der Waals surface area contributed by atoms with Gasteiger partial charge in [0.1, 0.15) is 0 Å². The molecule has 0 unspecified atom stereocenters. The van der Waals surface area contributed by atoms with Crippen LogP contribution in [0.1, 0.15) is 26.5 Å². The third-order valence-electron chi connectivity index (χ3n) is 2.97. The number of hydrogen-bond donors (Lipinski definition) is 0. The minimum absolute atomic E-state index is 0.0192. The summed E-state index contributed by atoms with van der Waals surface area (Å²) in [6, 6.07) is 8.16. The number of aromatic nitrogens is 3. The first-order valence-electron chi connectivity index (χ1n) is 5.79. The number of benzene rings is 1. The Kier molecular flexibility index (Phi) is 1.99. The minimum Gasteiger partial charge on any atom is -0.295 e. The van der Waals surface area contributed by atoms with Crippen molar-refractivity contribution in [3.8, 4) is 0 Å². The summed E-state index contributed by atoms with van der Waals surface area (Å²) in [5.74, 6) is 0. The van der Waals surface area contributed by atoms with Crippen LogP contribution in [-0.4, -0.2) is 14.4 Å². The summed E-state index contributed by atoms with van der Waals surface area (Å²) in [5.41, 5.74) is 4.33. The molecule has 0 atom stereocenters. The fourth-order valence-electron chi connectivity index (χ4n) is 2.15. The number of nitrogens with zero attached hydrogens (tertiary/aromatic N) is 3. The van der Waals surface area contributed by atoms with Gasteiger partial charge in [0.15, 0.2) is 0 Å². The normalized spacial score (nSPS) is 12.4. The predicted octanol–water partition coefficient (Wildman–Crippen LogP) is 3.18. The second kappa shape index (κ2) is 3.29. The average molecular weight is 225 g/mol. The van der Waals surface area contributed by atoms with E-state index in [1.54, 1.807) is 0 Å². The summed E-state index contributed by atoms with van der Waals surface area (Å²) in [6.07, 6.45) is 3.74. The van der Waals surface area contributed by atoms with E-state index < -0.39 is 0 Å². The van der Waals surface area contributed by atoms with Crippen LogP contribution in [0.25, 0.3) is 16.6 Å². The van der Waals surface area contributed by atoms with Gasteiger partial charge in [0.2, 0.25) is 0 Å². The molecule has 0 amide bonds. The van der Waals surface area contributed by atoms with Gasteiger partial charge >= 0.3 is 0 Å². The van der Waals surface area contributed by atoms with Gasteiger partial charge in [-0.15, -0.1) is 0 Å². The molecule has 3 aromatic rings. The van der Waals surface area contributed by atoms with E-state index in [-0.39, 0.29) is 5.41 Å². The van der Waals surface area contributed by atoms with Crippen molar-refractivity contribution >= 4 is 16.6 Å². The molecule has 0 spiro atoms. The molecule has 86 valence electrons. The van der Waals surface area contributed by atoms with Crippen molar-refractivity contribution in [2.75, 3.05) is 0 Å². The van der Waals surface area contributed by atoms with Crippen LogP contribution in [0.4, 0.5) is 0 Å². The smallest absolute Gasteiger partial charge is 0.0998 e. The van der Waals surface area contributed by atoms with E-state index in [4.69, 9.17) is 4.98 Å². The van der Waals surface area contributed by atoms with Gasteiger partial charge in [-0.05, 0) is 12.1 Å². The summed E-state index contributed by atoms with van der Waals surface area (Å²) in [5, 5.41) is 0. The summed E-state index contributed by atoms with van der Waals surface area (Å²) in [7, 11) is 0. The van der Waals surface area contributed by atoms with Gasteiger partial charge in [0.05, 0.1) is 34.8 Å². The van der Waals surface area contributed by atoms with E-state index in [1.165, 1.54) is 0 Å². The highest BCUT2D eigenvalue weighted by atomic mass is 15.0. The van der Waals surface area contributed by atoms with E-state index in [1.807, 2.05) is 30.7 Å². The molecule has 0 aliphatic heterocycles.